The number of hydrogen-bond acceptors (Lipinski definition) is 7. The summed E-state index contributed by atoms with van der Waals surface area (Å²) in [6.07, 6.45) is 3.97. The van der Waals surface area contributed by atoms with Gasteiger partial charge in [0.1, 0.15) is 5.75 Å². The molecule has 0 saturated carbocycles. The normalized spacial score (nSPS) is 17.4. The van der Waals surface area contributed by atoms with Crippen LogP contribution in [-0.2, 0) is 4.74 Å². The number of nitrogens with zero attached hydrogens (tertiary/aromatic N) is 4. The summed E-state index contributed by atoms with van der Waals surface area (Å²) in [5.41, 5.74) is 1.96. The summed E-state index contributed by atoms with van der Waals surface area (Å²) >= 11 is 0. The lowest BCUT2D eigenvalue weighted by Crippen LogP contribution is -2.47. The van der Waals surface area contributed by atoms with E-state index in [1.54, 1.807) is 6.07 Å². The minimum absolute atomic E-state index is 0.286. The zero-order chi connectivity index (χ0) is 19.8. The highest BCUT2D eigenvalue weighted by atomic mass is 16.5. The zero-order valence-corrected chi connectivity index (χ0v) is 16.5. The Morgan fingerprint density at radius 3 is 2.86 bits per heavy atom. The van der Waals surface area contributed by atoms with Crippen molar-refractivity contribution in [1.29, 1.82) is 0 Å². The van der Waals surface area contributed by atoms with E-state index in [0.29, 0.717) is 12.0 Å². The van der Waals surface area contributed by atoms with Gasteiger partial charge in [0.25, 0.3) is 0 Å². The Morgan fingerprint density at radius 1 is 1.14 bits per heavy atom. The van der Waals surface area contributed by atoms with Crippen LogP contribution < -0.4 is 15.1 Å². The maximum atomic E-state index is 10.00. The fraction of sp³-hybridized carbons (Fsp3) is 0.364. The van der Waals surface area contributed by atoms with Crippen LogP contribution in [0.1, 0.15) is 12.8 Å². The smallest absolute Gasteiger partial charge is 0.229 e. The molecule has 29 heavy (non-hydrogen) atoms. The molecule has 0 unspecified atom stereocenters. The Morgan fingerprint density at radius 2 is 2.00 bits per heavy atom. The zero-order valence-electron chi connectivity index (χ0n) is 16.5. The van der Waals surface area contributed by atoms with Gasteiger partial charge in [0, 0.05) is 50.5 Å². The molecular weight excluding hydrogens is 366 g/mol. The number of rotatable bonds is 3. The maximum Gasteiger partial charge on any atom is 0.229 e. The molecule has 2 N–H and O–H groups in total. The molecule has 3 heterocycles. The van der Waals surface area contributed by atoms with Gasteiger partial charge in [0.05, 0.1) is 11.9 Å². The average molecular weight is 391 g/mol. The third-order valence-corrected chi connectivity index (χ3v) is 5.85. The van der Waals surface area contributed by atoms with Gasteiger partial charge in [0.15, 0.2) is 5.82 Å². The highest BCUT2D eigenvalue weighted by Gasteiger charge is 2.29. The van der Waals surface area contributed by atoms with E-state index in [1.165, 1.54) is 0 Å². The molecule has 7 heteroatoms. The molecule has 1 aromatic heterocycles. The fourth-order valence-corrected chi connectivity index (χ4v) is 4.22. The number of ether oxygens (including phenoxy) is 1. The predicted octanol–water partition coefficient (Wildman–Crippen LogP) is 3.51. The third-order valence-electron chi connectivity index (χ3n) is 5.85. The predicted molar refractivity (Wildman–Crippen MR) is 115 cm³/mol. The summed E-state index contributed by atoms with van der Waals surface area (Å²) < 4.78 is 5.55. The van der Waals surface area contributed by atoms with Crippen LogP contribution in [0.25, 0.3) is 10.8 Å². The number of likely N-dealkylation sites (N-methyl/N-ethyl adjacent to an activating group) is 1. The first-order valence-corrected chi connectivity index (χ1v) is 10.1. The van der Waals surface area contributed by atoms with Crippen LogP contribution in [0.2, 0.25) is 0 Å². The second-order valence-electron chi connectivity index (χ2n) is 7.70. The van der Waals surface area contributed by atoms with E-state index in [2.05, 4.69) is 27.1 Å². The number of hydrogen-bond donors (Lipinski definition) is 2. The van der Waals surface area contributed by atoms with Crippen LogP contribution >= 0.6 is 0 Å². The molecule has 0 amide bonds. The van der Waals surface area contributed by atoms with Gasteiger partial charge in [0.2, 0.25) is 5.95 Å². The molecule has 2 aromatic carbocycles. The molecule has 1 fully saturated rings. The maximum absolute atomic E-state index is 10.00. The third kappa shape index (κ3) is 3.42. The number of benzene rings is 2. The van der Waals surface area contributed by atoms with Gasteiger partial charge in [-0.2, -0.15) is 4.98 Å². The Kier molecular flexibility index (Phi) is 4.60. The molecule has 0 spiro atoms. The van der Waals surface area contributed by atoms with Crippen molar-refractivity contribution in [3.8, 4) is 5.75 Å². The van der Waals surface area contributed by atoms with Crippen molar-refractivity contribution >= 4 is 33.9 Å². The number of anilines is 4. The van der Waals surface area contributed by atoms with Crippen LogP contribution in [0.4, 0.5) is 23.1 Å². The van der Waals surface area contributed by atoms with E-state index in [1.807, 2.05) is 36.5 Å². The molecule has 1 saturated heterocycles. The molecule has 0 atom stereocenters. The first-order valence-electron chi connectivity index (χ1n) is 10.1. The molecule has 0 radical (unpaired) electrons. The van der Waals surface area contributed by atoms with E-state index < -0.39 is 0 Å². The van der Waals surface area contributed by atoms with Crippen LogP contribution in [0.3, 0.4) is 0 Å². The van der Waals surface area contributed by atoms with Gasteiger partial charge in [-0.1, -0.05) is 12.1 Å². The topological polar surface area (TPSA) is 73.8 Å². The van der Waals surface area contributed by atoms with Crippen molar-refractivity contribution in [2.45, 2.75) is 18.9 Å². The van der Waals surface area contributed by atoms with Crippen LogP contribution in [0.15, 0.2) is 42.6 Å². The number of aromatic nitrogens is 2. The van der Waals surface area contributed by atoms with E-state index in [9.17, 15) is 5.11 Å². The van der Waals surface area contributed by atoms with E-state index in [-0.39, 0.29) is 5.75 Å². The van der Waals surface area contributed by atoms with Crippen molar-refractivity contribution < 1.29 is 9.84 Å². The number of nitrogens with one attached hydrogen (secondary N) is 1. The number of phenols is 1. The molecule has 0 aliphatic carbocycles. The number of fused-ring (bicyclic) bond motifs is 2. The highest BCUT2D eigenvalue weighted by molar-refractivity contribution is 5.91. The van der Waals surface area contributed by atoms with Gasteiger partial charge in [-0.15, -0.1) is 0 Å². The molecule has 0 bridgehead atoms. The molecule has 3 aromatic rings. The minimum atomic E-state index is 0.286. The molecule has 5 rings (SSSR count). The standard InChI is InChI=1S/C22H25N5O2/c1-26-9-10-27(17-7-11-29-12-8-17)21-19(26)14-23-22(25-21)24-16-5-6-18-15(13-16)3-2-4-20(18)28/h2-6,13-14,17,28H,7-12H2,1H3,(H,23,24,25). The van der Waals surface area contributed by atoms with Crippen molar-refractivity contribution in [2.24, 2.45) is 0 Å². The van der Waals surface area contributed by atoms with Gasteiger partial charge >= 0.3 is 0 Å². The number of aromatic hydroxyl groups is 1. The summed E-state index contributed by atoms with van der Waals surface area (Å²) in [4.78, 5) is 14.1. The summed E-state index contributed by atoms with van der Waals surface area (Å²) in [7, 11) is 2.09. The Bertz CT molecular complexity index is 1030. The van der Waals surface area contributed by atoms with Crippen LogP contribution in [0.5, 0.6) is 5.75 Å². The molecule has 2 aliphatic heterocycles. The van der Waals surface area contributed by atoms with E-state index >= 15 is 0 Å². The molecule has 7 nitrogen and oxygen atoms in total. The highest BCUT2D eigenvalue weighted by Crippen LogP contribution is 2.34. The Hall–Kier alpha value is -3.06. The van der Waals surface area contributed by atoms with Crippen molar-refractivity contribution in [3.63, 3.8) is 0 Å². The Labute approximate surface area is 169 Å². The van der Waals surface area contributed by atoms with Crippen molar-refractivity contribution in [1.82, 2.24) is 9.97 Å². The van der Waals surface area contributed by atoms with Gasteiger partial charge in [-0.25, -0.2) is 4.98 Å². The SMILES string of the molecule is CN1CCN(C2CCOCC2)c2nc(Nc3ccc4c(O)cccc4c3)ncc21. The van der Waals surface area contributed by atoms with Gasteiger partial charge in [-0.3, -0.25) is 0 Å². The fourth-order valence-electron chi connectivity index (χ4n) is 4.22. The lowest BCUT2D eigenvalue weighted by molar-refractivity contribution is 0.0842. The lowest BCUT2D eigenvalue weighted by atomic mass is 10.1. The van der Waals surface area contributed by atoms with Crippen LogP contribution in [0, 0.1) is 0 Å². The quantitative estimate of drug-likeness (QED) is 0.708. The summed E-state index contributed by atoms with van der Waals surface area (Å²) in [5.74, 6) is 1.85. The van der Waals surface area contributed by atoms with Gasteiger partial charge < -0.3 is 25.0 Å². The first-order chi connectivity index (χ1) is 14.2. The van der Waals surface area contributed by atoms with Gasteiger partial charge in [-0.05, 0) is 42.5 Å². The second-order valence-corrected chi connectivity index (χ2v) is 7.70. The average Bonchev–Trinajstić information content (AvgIpc) is 2.75. The molecular formula is C22H25N5O2. The minimum Gasteiger partial charge on any atom is -0.507 e. The first kappa shape index (κ1) is 18.0. The second kappa shape index (κ2) is 7.40. The van der Waals surface area contributed by atoms with Crippen molar-refractivity contribution in [2.75, 3.05) is 48.5 Å². The summed E-state index contributed by atoms with van der Waals surface area (Å²) in [6.45, 7) is 3.55. The van der Waals surface area contributed by atoms with Crippen LogP contribution in [-0.4, -0.2) is 54.5 Å². The van der Waals surface area contributed by atoms with E-state index in [0.717, 1.165) is 67.1 Å². The summed E-state index contributed by atoms with van der Waals surface area (Å²) in [5, 5.41) is 15.1. The number of phenolic OH excluding ortho intramolecular Hbond substituents is 1. The van der Waals surface area contributed by atoms with Crippen molar-refractivity contribution in [3.05, 3.63) is 42.6 Å². The lowest BCUT2D eigenvalue weighted by Gasteiger charge is -2.41. The Balaban J connectivity index is 1.46. The molecule has 2 aliphatic rings. The van der Waals surface area contributed by atoms with E-state index in [4.69, 9.17) is 9.72 Å². The monoisotopic (exact) mass is 391 g/mol. The summed E-state index contributed by atoms with van der Waals surface area (Å²) in [6, 6.07) is 11.8. The molecule has 150 valence electrons. The largest absolute Gasteiger partial charge is 0.507 e.